The van der Waals surface area contributed by atoms with E-state index in [0.717, 1.165) is 30.6 Å². The van der Waals surface area contributed by atoms with Gasteiger partial charge in [0.2, 0.25) is 5.91 Å². The van der Waals surface area contributed by atoms with Crippen LogP contribution < -0.4 is 10.2 Å². The number of amides is 1. The predicted octanol–water partition coefficient (Wildman–Crippen LogP) is 1.94. The molecule has 0 saturated carbocycles. The maximum absolute atomic E-state index is 11.5. The zero-order chi connectivity index (χ0) is 13.3. The summed E-state index contributed by atoms with van der Waals surface area (Å²) in [6, 6.07) is 3.16. The third kappa shape index (κ3) is 2.01. The quantitative estimate of drug-likeness (QED) is 0.642. The normalized spacial score (nSPS) is 13.4. The van der Waals surface area contributed by atoms with E-state index >= 15 is 0 Å². The zero-order valence-corrected chi connectivity index (χ0v) is 10.4. The van der Waals surface area contributed by atoms with Crippen LogP contribution in [0.15, 0.2) is 12.1 Å². The molecule has 0 bridgehead atoms. The van der Waals surface area contributed by atoms with Gasteiger partial charge in [-0.15, -0.1) is 0 Å². The fourth-order valence-corrected chi connectivity index (χ4v) is 2.21. The Labute approximate surface area is 105 Å². The topological polar surface area (TPSA) is 75.5 Å². The van der Waals surface area contributed by atoms with Gasteiger partial charge in [-0.3, -0.25) is 14.9 Å². The summed E-state index contributed by atoms with van der Waals surface area (Å²) in [5.74, 6) is -0.211. The van der Waals surface area contributed by atoms with Gasteiger partial charge in [0.1, 0.15) is 5.69 Å². The molecule has 2 rings (SSSR count). The van der Waals surface area contributed by atoms with Gasteiger partial charge in [-0.05, 0) is 18.9 Å². The fourth-order valence-electron chi connectivity index (χ4n) is 2.21. The van der Waals surface area contributed by atoms with Crippen LogP contribution in [0.5, 0.6) is 0 Å². The summed E-state index contributed by atoms with van der Waals surface area (Å²) >= 11 is 0. The first-order chi connectivity index (χ1) is 8.52. The number of carbonyl (C=O) groups is 1. The first kappa shape index (κ1) is 12.3. The van der Waals surface area contributed by atoms with E-state index in [-0.39, 0.29) is 11.6 Å². The van der Waals surface area contributed by atoms with Crippen LogP contribution in [-0.4, -0.2) is 24.4 Å². The highest BCUT2D eigenvalue weighted by molar-refractivity contribution is 5.96. The Morgan fingerprint density at radius 2 is 2.22 bits per heavy atom. The van der Waals surface area contributed by atoms with E-state index in [1.807, 2.05) is 0 Å². The lowest BCUT2D eigenvalue weighted by Crippen LogP contribution is -2.26. The van der Waals surface area contributed by atoms with Gasteiger partial charge in [-0.1, -0.05) is 0 Å². The molecule has 0 fully saturated rings. The van der Waals surface area contributed by atoms with E-state index < -0.39 is 4.92 Å². The van der Waals surface area contributed by atoms with E-state index in [1.165, 1.54) is 17.9 Å². The summed E-state index contributed by atoms with van der Waals surface area (Å²) < 4.78 is 0. The number of fused-ring (bicyclic) bond motifs is 1. The Morgan fingerprint density at radius 3 is 2.83 bits per heavy atom. The zero-order valence-electron chi connectivity index (χ0n) is 10.4. The average Bonchev–Trinajstić information content (AvgIpc) is 2.36. The van der Waals surface area contributed by atoms with Crippen molar-refractivity contribution < 1.29 is 9.72 Å². The van der Waals surface area contributed by atoms with Crippen molar-refractivity contribution in [3.63, 3.8) is 0 Å². The summed E-state index contributed by atoms with van der Waals surface area (Å²) in [7, 11) is 1.57. The molecule has 1 aliphatic heterocycles. The minimum Gasteiger partial charge on any atom is -0.385 e. The number of rotatable bonds is 2. The van der Waals surface area contributed by atoms with Gasteiger partial charge in [-0.2, -0.15) is 0 Å². The lowest BCUT2D eigenvalue weighted by atomic mass is 9.99. The number of hydrogen-bond acceptors (Lipinski definition) is 4. The number of anilines is 2. The summed E-state index contributed by atoms with van der Waals surface area (Å²) in [6.07, 6.45) is 1.66. The molecule has 1 aliphatic rings. The lowest BCUT2D eigenvalue weighted by molar-refractivity contribution is -0.384. The van der Waals surface area contributed by atoms with Crippen LogP contribution in [0, 0.1) is 10.1 Å². The summed E-state index contributed by atoms with van der Waals surface area (Å²) in [5.41, 5.74) is 2.13. The third-order valence-electron chi connectivity index (χ3n) is 3.18. The van der Waals surface area contributed by atoms with Crippen LogP contribution in [0.1, 0.15) is 18.9 Å². The molecule has 1 amide bonds. The highest BCUT2D eigenvalue weighted by atomic mass is 16.6. The Balaban J connectivity index is 2.63. The smallest absolute Gasteiger partial charge is 0.293 e. The lowest BCUT2D eigenvalue weighted by Gasteiger charge is -2.25. The Kier molecular flexibility index (Phi) is 3.18. The molecule has 6 heteroatoms. The summed E-state index contributed by atoms with van der Waals surface area (Å²) in [5, 5.41) is 14.3. The predicted molar refractivity (Wildman–Crippen MR) is 69.0 cm³/mol. The van der Waals surface area contributed by atoms with Crippen LogP contribution in [0.2, 0.25) is 0 Å². The molecule has 18 heavy (non-hydrogen) atoms. The van der Waals surface area contributed by atoms with Crippen molar-refractivity contribution in [3.8, 4) is 0 Å². The van der Waals surface area contributed by atoms with E-state index in [9.17, 15) is 14.9 Å². The van der Waals surface area contributed by atoms with E-state index in [2.05, 4.69) is 5.32 Å². The van der Waals surface area contributed by atoms with Crippen LogP contribution in [0.3, 0.4) is 0 Å². The number of nitro benzene ring substituents is 1. The van der Waals surface area contributed by atoms with Crippen molar-refractivity contribution in [2.24, 2.45) is 0 Å². The van der Waals surface area contributed by atoms with Crippen molar-refractivity contribution in [1.29, 1.82) is 0 Å². The molecule has 6 nitrogen and oxygen atoms in total. The van der Waals surface area contributed by atoms with E-state index in [0.29, 0.717) is 5.69 Å². The number of nitro groups is 1. The second-order valence-corrected chi connectivity index (χ2v) is 4.32. The van der Waals surface area contributed by atoms with Gasteiger partial charge in [0, 0.05) is 37.8 Å². The molecule has 1 N–H and O–H groups in total. The largest absolute Gasteiger partial charge is 0.385 e. The van der Waals surface area contributed by atoms with Crippen molar-refractivity contribution >= 4 is 23.0 Å². The third-order valence-corrected chi connectivity index (χ3v) is 3.18. The number of nitrogens with zero attached hydrogens (tertiary/aromatic N) is 2. The van der Waals surface area contributed by atoms with E-state index in [1.54, 1.807) is 13.1 Å². The van der Waals surface area contributed by atoms with Crippen LogP contribution >= 0.6 is 0 Å². The molecular weight excluding hydrogens is 234 g/mol. The molecule has 0 unspecified atom stereocenters. The molecule has 0 aliphatic carbocycles. The molecule has 0 saturated heterocycles. The second kappa shape index (κ2) is 4.64. The number of carbonyl (C=O) groups excluding carboxylic acids is 1. The van der Waals surface area contributed by atoms with Gasteiger partial charge in [0.05, 0.1) is 4.92 Å². The van der Waals surface area contributed by atoms with E-state index in [4.69, 9.17) is 0 Å². The molecule has 96 valence electrons. The number of nitrogens with one attached hydrogen (secondary N) is 1. The number of hydrogen-bond donors (Lipinski definition) is 1. The summed E-state index contributed by atoms with van der Waals surface area (Å²) in [6.45, 7) is 2.26. The Bertz CT molecular complexity index is 514. The summed E-state index contributed by atoms with van der Waals surface area (Å²) in [4.78, 5) is 23.5. The highest BCUT2D eigenvalue weighted by Crippen LogP contribution is 2.38. The Hall–Kier alpha value is -2.11. The molecule has 0 atom stereocenters. The molecule has 1 heterocycles. The first-order valence-corrected chi connectivity index (χ1v) is 5.81. The van der Waals surface area contributed by atoms with Crippen molar-refractivity contribution in [1.82, 2.24) is 0 Å². The molecule has 1 aromatic carbocycles. The van der Waals surface area contributed by atoms with Gasteiger partial charge < -0.3 is 10.2 Å². The van der Waals surface area contributed by atoms with Crippen LogP contribution in [0.25, 0.3) is 0 Å². The van der Waals surface area contributed by atoms with Crippen molar-refractivity contribution in [2.75, 3.05) is 23.8 Å². The maximum Gasteiger partial charge on any atom is 0.293 e. The minimum atomic E-state index is -0.441. The standard InChI is InChI=1S/C12H15N3O3/c1-8(16)14(2)12-9-4-3-7-13-10(9)5-6-11(12)15(17)18/h5-6,13H,3-4,7H2,1-2H3. The van der Waals surface area contributed by atoms with Crippen LogP contribution in [-0.2, 0) is 11.2 Å². The molecule has 0 radical (unpaired) electrons. The minimum absolute atomic E-state index is 0.0184. The van der Waals surface area contributed by atoms with Crippen molar-refractivity contribution in [3.05, 3.63) is 27.8 Å². The highest BCUT2D eigenvalue weighted by Gasteiger charge is 2.26. The van der Waals surface area contributed by atoms with Gasteiger partial charge in [-0.25, -0.2) is 0 Å². The van der Waals surface area contributed by atoms with Gasteiger partial charge in [0.25, 0.3) is 5.69 Å². The SMILES string of the molecule is CC(=O)N(C)c1c([N+](=O)[O-])ccc2c1CCCN2. The first-order valence-electron chi connectivity index (χ1n) is 5.81. The molecule has 0 aromatic heterocycles. The maximum atomic E-state index is 11.5. The Morgan fingerprint density at radius 1 is 1.50 bits per heavy atom. The van der Waals surface area contributed by atoms with Crippen LogP contribution in [0.4, 0.5) is 17.1 Å². The monoisotopic (exact) mass is 249 g/mol. The average molecular weight is 249 g/mol. The molecular formula is C12H15N3O3. The second-order valence-electron chi connectivity index (χ2n) is 4.32. The fraction of sp³-hybridized carbons (Fsp3) is 0.417. The molecule has 0 spiro atoms. The van der Waals surface area contributed by atoms with Gasteiger partial charge in [0.15, 0.2) is 0 Å². The number of benzene rings is 1. The van der Waals surface area contributed by atoms with Crippen molar-refractivity contribution in [2.45, 2.75) is 19.8 Å². The molecule has 1 aromatic rings. The van der Waals surface area contributed by atoms with Gasteiger partial charge >= 0.3 is 0 Å².